The van der Waals surface area contributed by atoms with Crippen molar-refractivity contribution in [1.82, 2.24) is 0 Å². The van der Waals surface area contributed by atoms with Crippen LogP contribution in [0, 0.1) is 0 Å². The van der Waals surface area contributed by atoms with Crippen molar-refractivity contribution in [2.45, 2.75) is 19.4 Å². The lowest BCUT2D eigenvalue weighted by molar-refractivity contribution is 0.408. The predicted molar refractivity (Wildman–Crippen MR) is 83.0 cm³/mol. The maximum absolute atomic E-state index is 5.88. The third-order valence-electron chi connectivity index (χ3n) is 2.93. The SMILES string of the molecule is COc1ccc(-c2ccccc2)cc1CC(C)N.Cl. The Balaban J connectivity index is 0.00000180. The third kappa shape index (κ3) is 3.98. The standard InChI is InChI=1S/C16H19NO.ClH/c1-12(17)10-15-11-14(8-9-16(15)18-2)13-6-4-3-5-7-13;/h3-9,11-12H,10,17H2,1-2H3;1H. The molecule has 102 valence electrons. The normalized spacial score (nSPS) is 11.5. The van der Waals surface area contributed by atoms with Crippen LogP contribution in [0.25, 0.3) is 11.1 Å². The molecule has 3 heteroatoms. The Labute approximate surface area is 121 Å². The maximum Gasteiger partial charge on any atom is 0.122 e. The minimum Gasteiger partial charge on any atom is -0.496 e. The van der Waals surface area contributed by atoms with Crippen LogP contribution in [0.2, 0.25) is 0 Å². The molecule has 0 radical (unpaired) electrons. The number of nitrogens with two attached hydrogens (primary N) is 1. The molecule has 0 saturated carbocycles. The molecule has 1 atom stereocenters. The fraction of sp³-hybridized carbons (Fsp3) is 0.250. The van der Waals surface area contributed by atoms with Crippen LogP contribution in [-0.4, -0.2) is 13.2 Å². The van der Waals surface area contributed by atoms with Crippen molar-refractivity contribution >= 4 is 12.4 Å². The highest BCUT2D eigenvalue weighted by Crippen LogP contribution is 2.27. The zero-order valence-electron chi connectivity index (χ0n) is 11.3. The van der Waals surface area contributed by atoms with Gasteiger partial charge in [-0.3, -0.25) is 0 Å². The molecule has 0 amide bonds. The first-order chi connectivity index (χ1) is 8.70. The molecule has 0 fully saturated rings. The topological polar surface area (TPSA) is 35.2 Å². The van der Waals surface area contributed by atoms with E-state index in [1.807, 2.05) is 31.2 Å². The molecule has 2 N–H and O–H groups in total. The number of benzene rings is 2. The predicted octanol–water partition coefficient (Wildman–Crippen LogP) is 3.67. The van der Waals surface area contributed by atoms with Crippen LogP contribution in [0.1, 0.15) is 12.5 Å². The fourth-order valence-electron chi connectivity index (χ4n) is 2.10. The van der Waals surface area contributed by atoms with Crippen LogP contribution in [0.3, 0.4) is 0 Å². The van der Waals surface area contributed by atoms with Crippen molar-refractivity contribution in [3.63, 3.8) is 0 Å². The van der Waals surface area contributed by atoms with E-state index >= 15 is 0 Å². The van der Waals surface area contributed by atoms with Gasteiger partial charge >= 0.3 is 0 Å². The van der Waals surface area contributed by atoms with E-state index in [-0.39, 0.29) is 18.4 Å². The molecule has 0 spiro atoms. The molecule has 0 saturated heterocycles. The van der Waals surface area contributed by atoms with Gasteiger partial charge in [0, 0.05) is 6.04 Å². The summed E-state index contributed by atoms with van der Waals surface area (Å²) in [6.45, 7) is 2.01. The van der Waals surface area contributed by atoms with Gasteiger partial charge in [-0.05, 0) is 42.2 Å². The van der Waals surface area contributed by atoms with Crippen LogP contribution in [0.5, 0.6) is 5.75 Å². The van der Waals surface area contributed by atoms with Crippen molar-refractivity contribution in [3.05, 3.63) is 54.1 Å². The van der Waals surface area contributed by atoms with Crippen LogP contribution >= 0.6 is 12.4 Å². The maximum atomic E-state index is 5.88. The van der Waals surface area contributed by atoms with E-state index < -0.39 is 0 Å². The highest BCUT2D eigenvalue weighted by atomic mass is 35.5. The quantitative estimate of drug-likeness (QED) is 0.925. The first-order valence-corrected chi connectivity index (χ1v) is 6.18. The van der Waals surface area contributed by atoms with Gasteiger partial charge in [0.1, 0.15) is 5.75 Å². The van der Waals surface area contributed by atoms with Gasteiger partial charge in [-0.2, -0.15) is 0 Å². The number of methoxy groups -OCH3 is 1. The summed E-state index contributed by atoms with van der Waals surface area (Å²) in [5, 5.41) is 0. The van der Waals surface area contributed by atoms with E-state index in [0.717, 1.165) is 17.7 Å². The van der Waals surface area contributed by atoms with Crippen molar-refractivity contribution in [2.24, 2.45) is 5.73 Å². The third-order valence-corrected chi connectivity index (χ3v) is 2.93. The van der Waals surface area contributed by atoms with Gasteiger partial charge < -0.3 is 10.5 Å². The minimum absolute atomic E-state index is 0. The van der Waals surface area contributed by atoms with Crippen LogP contribution in [0.15, 0.2) is 48.5 Å². The Morgan fingerprint density at radius 2 is 1.74 bits per heavy atom. The van der Waals surface area contributed by atoms with E-state index in [0.29, 0.717) is 0 Å². The second-order valence-electron chi connectivity index (χ2n) is 4.57. The Bertz CT molecular complexity index is 511. The van der Waals surface area contributed by atoms with Crippen molar-refractivity contribution in [2.75, 3.05) is 7.11 Å². The van der Waals surface area contributed by atoms with Crippen LogP contribution in [-0.2, 0) is 6.42 Å². The van der Waals surface area contributed by atoms with Gasteiger partial charge in [0.2, 0.25) is 0 Å². The lowest BCUT2D eigenvalue weighted by Gasteiger charge is -2.12. The fourth-order valence-corrected chi connectivity index (χ4v) is 2.10. The Kier molecular flexibility index (Phi) is 5.87. The smallest absolute Gasteiger partial charge is 0.122 e. The van der Waals surface area contributed by atoms with Gasteiger partial charge in [-0.25, -0.2) is 0 Å². The monoisotopic (exact) mass is 277 g/mol. The van der Waals surface area contributed by atoms with E-state index in [1.54, 1.807) is 7.11 Å². The number of ether oxygens (including phenoxy) is 1. The molecule has 19 heavy (non-hydrogen) atoms. The molecule has 2 rings (SSSR count). The molecule has 0 aliphatic rings. The molecule has 2 aromatic rings. The van der Waals surface area contributed by atoms with E-state index in [9.17, 15) is 0 Å². The summed E-state index contributed by atoms with van der Waals surface area (Å²) in [5.74, 6) is 0.909. The molecular weight excluding hydrogens is 258 g/mol. The summed E-state index contributed by atoms with van der Waals surface area (Å²) in [6, 6.07) is 16.7. The Morgan fingerprint density at radius 3 is 2.32 bits per heavy atom. The second-order valence-corrected chi connectivity index (χ2v) is 4.57. The van der Waals surface area contributed by atoms with Gasteiger partial charge in [0.15, 0.2) is 0 Å². The van der Waals surface area contributed by atoms with Crippen molar-refractivity contribution in [1.29, 1.82) is 0 Å². The minimum atomic E-state index is 0. The summed E-state index contributed by atoms with van der Waals surface area (Å²) >= 11 is 0. The molecule has 0 aromatic heterocycles. The first-order valence-electron chi connectivity index (χ1n) is 6.18. The van der Waals surface area contributed by atoms with Crippen LogP contribution in [0.4, 0.5) is 0 Å². The zero-order chi connectivity index (χ0) is 13.0. The Morgan fingerprint density at radius 1 is 1.05 bits per heavy atom. The Hall–Kier alpha value is -1.51. The lowest BCUT2D eigenvalue weighted by Crippen LogP contribution is -2.18. The summed E-state index contributed by atoms with van der Waals surface area (Å²) in [5.41, 5.74) is 9.46. The van der Waals surface area contributed by atoms with Crippen molar-refractivity contribution in [3.8, 4) is 16.9 Å². The number of hydrogen-bond acceptors (Lipinski definition) is 2. The largest absolute Gasteiger partial charge is 0.496 e. The van der Waals surface area contributed by atoms with Gasteiger partial charge in [0.05, 0.1) is 7.11 Å². The number of rotatable bonds is 4. The van der Waals surface area contributed by atoms with Gasteiger partial charge in [0.25, 0.3) is 0 Å². The summed E-state index contributed by atoms with van der Waals surface area (Å²) < 4.78 is 5.38. The summed E-state index contributed by atoms with van der Waals surface area (Å²) in [4.78, 5) is 0. The highest BCUT2D eigenvalue weighted by Gasteiger charge is 2.07. The molecule has 2 nitrogen and oxygen atoms in total. The van der Waals surface area contributed by atoms with E-state index in [2.05, 4.69) is 24.3 Å². The van der Waals surface area contributed by atoms with E-state index in [1.165, 1.54) is 11.1 Å². The average Bonchev–Trinajstić information content (AvgIpc) is 2.39. The molecule has 1 unspecified atom stereocenters. The zero-order valence-corrected chi connectivity index (χ0v) is 12.1. The molecule has 0 bridgehead atoms. The van der Waals surface area contributed by atoms with Gasteiger partial charge in [-0.1, -0.05) is 36.4 Å². The molecule has 0 aliphatic heterocycles. The summed E-state index contributed by atoms with van der Waals surface area (Å²) in [6.07, 6.45) is 0.823. The van der Waals surface area contributed by atoms with Gasteiger partial charge in [-0.15, -0.1) is 12.4 Å². The average molecular weight is 278 g/mol. The highest BCUT2D eigenvalue weighted by molar-refractivity contribution is 5.85. The molecular formula is C16H20ClNO. The van der Waals surface area contributed by atoms with Crippen LogP contribution < -0.4 is 10.5 Å². The first kappa shape index (κ1) is 15.5. The summed E-state index contributed by atoms with van der Waals surface area (Å²) in [7, 11) is 1.70. The second kappa shape index (κ2) is 7.17. The van der Waals surface area contributed by atoms with Crippen molar-refractivity contribution < 1.29 is 4.74 Å². The molecule has 0 heterocycles. The van der Waals surface area contributed by atoms with E-state index in [4.69, 9.17) is 10.5 Å². The number of halogens is 1. The molecule has 0 aliphatic carbocycles. The number of hydrogen-bond donors (Lipinski definition) is 1. The lowest BCUT2D eigenvalue weighted by atomic mass is 9.99. The molecule has 2 aromatic carbocycles.